The van der Waals surface area contributed by atoms with Crippen molar-refractivity contribution in [1.82, 2.24) is 5.32 Å². The summed E-state index contributed by atoms with van der Waals surface area (Å²) in [6.45, 7) is 2.23. The number of hydrogen-bond acceptors (Lipinski definition) is 4. The standard InChI is InChI=1S/C18H20INO4/c1-12(21)10-20-18(22)14-8-16(23-2)17(9-15(14)19)24-11-13-6-4-3-5-7-13/h3-9,12,21H,10-11H2,1-2H3,(H,20,22). The van der Waals surface area contributed by atoms with Crippen LogP contribution in [0.25, 0.3) is 0 Å². The van der Waals surface area contributed by atoms with Gasteiger partial charge < -0.3 is 19.9 Å². The fourth-order valence-corrected chi connectivity index (χ4v) is 2.74. The Kier molecular flexibility index (Phi) is 6.86. The van der Waals surface area contributed by atoms with Gasteiger partial charge in [0, 0.05) is 10.1 Å². The summed E-state index contributed by atoms with van der Waals surface area (Å²) in [6, 6.07) is 13.3. The highest BCUT2D eigenvalue weighted by atomic mass is 127. The lowest BCUT2D eigenvalue weighted by molar-refractivity contribution is 0.0922. The molecule has 0 radical (unpaired) electrons. The molecule has 0 aliphatic heterocycles. The lowest BCUT2D eigenvalue weighted by Crippen LogP contribution is -2.31. The Balaban J connectivity index is 2.15. The summed E-state index contributed by atoms with van der Waals surface area (Å²) in [4.78, 5) is 12.2. The van der Waals surface area contributed by atoms with Crippen molar-refractivity contribution in [2.45, 2.75) is 19.6 Å². The van der Waals surface area contributed by atoms with Crippen molar-refractivity contribution in [1.29, 1.82) is 0 Å². The van der Waals surface area contributed by atoms with E-state index < -0.39 is 6.10 Å². The second kappa shape index (κ2) is 8.89. The molecule has 2 rings (SSSR count). The number of methoxy groups -OCH3 is 1. The maximum absolute atomic E-state index is 12.2. The van der Waals surface area contributed by atoms with Gasteiger partial charge in [0.05, 0.1) is 18.8 Å². The second-order valence-electron chi connectivity index (χ2n) is 5.32. The van der Waals surface area contributed by atoms with Gasteiger partial charge in [-0.1, -0.05) is 30.3 Å². The zero-order chi connectivity index (χ0) is 17.5. The number of benzene rings is 2. The van der Waals surface area contributed by atoms with Crippen LogP contribution in [0, 0.1) is 3.57 Å². The molecule has 0 saturated heterocycles. The fourth-order valence-electron chi connectivity index (χ4n) is 2.05. The van der Waals surface area contributed by atoms with Gasteiger partial charge in [0.1, 0.15) is 6.61 Å². The van der Waals surface area contributed by atoms with Crippen LogP contribution in [0.5, 0.6) is 11.5 Å². The second-order valence-corrected chi connectivity index (χ2v) is 6.48. The van der Waals surface area contributed by atoms with Crippen LogP contribution >= 0.6 is 22.6 Å². The first-order chi connectivity index (χ1) is 11.5. The third-order valence-electron chi connectivity index (χ3n) is 3.29. The summed E-state index contributed by atoms with van der Waals surface area (Å²) < 4.78 is 11.9. The molecule has 1 atom stereocenters. The number of carbonyl (C=O) groups excluding carboxylic acids is 1. The summed E-state index contributed by atoms with van der Waals surface area (Å²) in [5.74, 6) is 0.819. The number of halogens is 1. The molecule has 1 unspecified atom stereocenters. The molecule has 0 spiro atoms. The number of rotatable bonds is 7. The van der Waals surface area contributed by atoms with E-state index in [1.807, 2.05) is 30.3 Å². The molecule has 0 fully saturated rings. The number of ether oxygens (including phenoxy) is 2. The van der Waals surface area contributed by atoms with E-state index in [0.29, 0.717) is 23.7 Å². The van der Waals surface area contributed by atoms with Gasteiger partial charge >= 0.3 is 0 Å². The number of aliphatic hydroxyl groups excluding tert-OH is 1. The quantitative estimate of drug-likeness (QED) is 0.649. The van der Waals surface area contributed by atoms with Crippen molar-refractivity contribution in [3.05, 3.63) is 57.2 Å². The monoisotopic (exact) mass is 441 g/mol. The molecule has 2 N–H and O–H groups in total. The van der Waals surface area contributed by atoms with Gasteiger partial charge in [0.2, 0.25) is 0 Å². The lowest BCUT2D eigenvalue weighted by Gasteiger charge is -2.14. The maximum atomic E-state index is 12.2. The van der Waals surface area contributed by atoms with Crippen molar-refractivity contribution in [3.8, 4) is 11.5 Å². The molecule has 0 aliphatic rings. The minimum absolute atomic E-state index is 0.198. The van der Waals surface area contributed by atoms with E-state index >= 15 is 0 Å². The van der Waals surface area contributed by atoms with Crippen LogP contribution in [0.3, 0.4) is 0 Å². The predicted molar refractivity (Wildman–Crippen MR) is 100 cm³/mol. The van der Waals surface area contributed by atoms with Crippen LogP contribution in [-0.4, -0.2) is 30.8 Å². The number of nitrogens with one attached hydrogen (secondary N) is 1. The van der Waals surface area contributed by atoms with Gasteiger partial charge in [-0.2, -0.15) is 0 Å². The Bertz CT molecular complexity index is 689. The Morgan fingerprint density at radius 3 is 2.58 bits per heavy atom. The molecular formula is C18H20INO4. The van der Waals surface area contributed by atoms with E-state index in [2.05, 4.69) is 27.9 Å². The molecule has 0 saturated carbocycles. The summed E-state index contributed by atoms with van der Waals surface area (Å²) in [6.07, 6.45) is -0.595. The van der Waals surface area contributed by atoms with E-state index in [4.69, 9.17) is 9.47 Å². The summed E-state index contributed by atoms with van der Waals surface area (Å²) >= 11 is 2.09. The van der Waals surface area contributed by atoms with Gasteiger partial charge in [-0.05, 0) is 47.2 Å². The molecule has 0 aliphatic carbocycles. The summed E-state index contributed by atoms with van der Waals surface area (Å²) in [7, 11) is 1.54. The number of amides is 1. The molecule has 0 heterocycles. The maximum Gasteiger partial charge on any atom is 0.252 e. The lowest BCUT2D eigenvalue weighted by atomic mass is 10.2. The molecule has 24 heavy (non-hydrogen) atoms. The van der Waals surface area contributed by atoms with Crippen molar-refractivity contribution in [2.75, 3.05) is 13.7 Å². The molecule has 128 valence electrons. The Hall–Kier alpha value is -1.80. The van der Waals surface area contributed by atoms with E-state index in [9.17, 15) is 9.90 Å². The highest BCUT2D eigenvalue weighted by molar-refractivity contribution is 14.1. The normalized spacial score (nSPS) is 11.7. The molecule has 2 aromatic rings. The molecular weight excluding hydrogens is 421 g/mol. The van der Waals surface area contributed by atoms with Crippen LogP contribution in [0.1, 0.15) is 22.8 Å². The number of hydrogen-bond donors (Lipinski definition) is 2. The first kappa shape index (κ1) is 18.5. The van der Waals surface area contributed by atoms with Crippen molar-refractivity contribution in [2.24, 2.45) is 0 Å². The molecule has 0 bridgehead atoms. The van der Waals surface area contributed by atoms with Gasteiger partial charge in [0.15, 0.2) is 11.5 Å². The zero-order valence-corrected chi connectivity index (χ0v) is 15.7. The van der Waals surface area contributed by atoms with E-state index in [0.717, 1.165) is 9.13 Å². The zero-order valence-electron chi connectivity index (χ0n) is 13.6. The van der Waals surface area contributed by atoms with E-state index in [1.165, 1.54) is 7.11 Å². The highest BCUT2D eigenvalue weighted by Gasteiger charge is 2.16. The first-order valence-corrected chi connectivity index (χ1v) is 8.59. The van der Waals surface area contributed by atoms with Crippen LogP contribution in [0.2, 0.25) is 0 Å². The summed E-state index contributed by atoms with van der Waals surface area (Å²) in [5.41, 5.74) is 1.54. The average molecular weight is 441 g/mol. The molecule has 1 amide bonds. The van der Waals surface area contributed by atoms with E-state index in [1.54, 1.807) is 19.1 Å². The smallest absolute Gasteiger partial charge is 0.252 e. The van der Waals surface area contributed by atoms with Crippen LogP contribution in [0.15, 0.2) is 42.5 Å². The summed E-state index contributed by atoms with van der Waals surface area (Å²) in [5, 5.41) is 12.0. The van der Waals surface area contributed by atoms with Gasteiger partial charge in [-0.25, -0.2) is 0 Å². The SMILES string of the molecule is COc1cc(C(=O)NCC(C)O)c(I)cc1OCc1ccccc1. The minimum Gasteiger partial charge on any atom is -0.493 e. The Morgan fingerprint density at radius 2 is 1.96 bits per heavy atom. The Morgan fingerprint density at radius 1 is 1.25 bits per heavy atom. The molecule has 5 nitrogen and oxygen atoms in total. The Labute approximate surface area is 155 Å². The van der Waals surface area contributed by atoms with Crippen molar-refractivity contribution in [3.63, 3.8) is 0 Å². The first-order valence-electron chi connectivity index (χ1n) is 7.51. The van der Waals surface area contributed by atoms with Gasteiger partial charge in [-0.3, -0.25) is 4.79 Å². The van der Waals surface area contributed by atoms with Gasteiger partial charge in [0.25, 0.3) is 5.91 Å². The molecule has 2 aromatic carbocycles. The van der Waals surface area contributed by atoms with Crippen LogP contribution in [-0.2, 0) is 6.61 Å². The highest BCUT2D eigenvalue weighted by Crippen LogP contribution is 2.32. The van der Waals surface area contributed by atoms with Crippen molar-refractivity contribution >= 4 is 28.5 Å². The molecule has 6 heteroatoms. The third kappa shape index (κ3) is 5.10. The van der Waals surface area contributed by atoms with Crippen molar-refractivity contribution < 1.29 is 19.4 Å². The predicted octanol–water partition coefficient (Wildman–Crippen LogP) is 2.99. The minimum atomic E-state index is -0.595. The van der Waals surface area contributed by atoms with E-state index in [-0.39, 0.29) is 12.5 Å². The molecule has 0 aromatic heterocycles. The number of aliphatic hydroxyl groups is 1. The largest absolute Gasteiger partial charge is 0.493 e. The van der Waals surface area contributed by atoms with Crippen LogP contribution in [0.4, 0.5) is 0 Å². The fraction of sp³-hybridized carbons (Fsp3) is 0.278. The average Bonchev–Trinajstić information content (AvgIpc) is 2.58. The third-order valence-corrected chi connectivity index (χ3v) is 4.19. The van der Waals surface area contributed by atoms with Crippen LogP contribution < -0.4 is 14.8 Å². The van der Waals surface area contributed by atoms with Gasteiger partial charge in [-0.15, -0.1) is 0 Å². The topological polar surface area (TPSA) is 67.8 Å². The number of carbonyl (C=O) groups is 1.